The Morgan fingerprint density at radius 3 is 2.78 bits per heavy atom. The fourth-order valence-corrected chi connectivity index (χ4v) is 3.09. The number of nitrogens with one attached hydrogen (secondary N) is 2. The summed E-state index contributed by atoms with van der Waals surface area (Å²) in [6.45, 7) is 3.70. The van der Waals surface area contributed by atoms with E-state index in [4.69, 9.17) is 0 Å². The van der Waals surface area contributed by atoms with Crippen molar-refractivity contribution >= 4 is 5.91 Å². The van der Waals surface area contributed by atoms with Crippen LogP contribution in [0.1, 0.15) is 34.7 Å². The van der Waals surface area contributed by atoms with Gasteiger partial charge in [0, 0.05) is 19.0 Å². The fraction of sp³-hybridized carbons (Fsp3) is 0.350. The second kappa shape index (κ2) is 7.42. The van der Waals surface area contributed by atoms with E-state index in [1.165, 1.54) is 22.3 Å². The predicted octanol–water partition coefficient (Wildman–Crippen LogP) is 2.93. The summed E-state index contributed by atoms with van der Waals surface area (Å²) >= 11 is 0. The predicted molar refractivity (Wildman–Crippen MR) is 93.4 cm³/mol. The Labute approximate surface area is 138 Å². The molecule has 1 aliphatic heterocycles. The summed E-state index contributed by atoms with van der Waals surface area (Å²) in [7, 11) is 0. The molecule has 0 saturated heterocycles. The first-order valence-corrected chi connectivity index (χ1v) is 8.36. The molecular formula is C20H24N2O. The van der Waals surface area contributed by atoms with Gasteiger partial charge in [-0.1, -0.05) is 54.1 Å². The normalized spacial score (nSPS) is 16.7. The number of benzene rings is 2. The molecule has 3 nitrogen and oxygen atoms in total. The first-order valence-electron chi connectivity index (χ1n) is 8.36. The third kappa shape index (κ3) is 4.20. The Kier molecular flexibility index (Phi) is 5.09. The molecule has 0 radical (unpaired) electrons. The summed E-state index contributed by atoms with van der Waals surface area (Å²) in [5.41, 5.74) is 5.18. The van der Waals surface area contributed by atoms with Gasteiger partial charge in [-0.25, -0.2) is 0 Å². The van der Waals surface area contributed by atoms with Crippen LogP contribution in [0, 0.1) is 6.92 Å². The molecular weight excluding hydrogens is 284 g/mol. The highest BCUT2D eigenvalue weighted by atomic mass is 16.1. The number of fused-ring (bicyclic) bond motifs is 1. The van der Waals surface area contributed by atoms with Crippen molar-refractivity contribution in [2.24, 2.45) is 0 Å². The van der Waals surface area contributed by atoms with Gasteiger partial charge in [0.25, 0.3) is 0 Å². The van der Waals surface area contributed by atoms with E-state index in [2.05, 4.69) is 66.1 Å². The van der Waals surface area contributed by atoms with E-state index >= 15 is 0 Å². The van der Waals surface area contributed by atoms with E-state index in [9.17, 15) is 4.79 Å². The summed E-state index contributed by atoms with van der Waals surface area (Å²) in [5.74, 6) is 0.121. The molecule has 0 fully saturated rings. The van der Waals surface area contributed by atoms with Gasteiger partial charge < -0.3 is 10.6 Å². The van der Waals surface area contributed by atoms with Crippen LogP contribution in [0.25, 0.3) is 0 Å². The Morgan fingerprint density at radius 1 is 1.17 bits per heavy atom. The minimum atomic E-state index is 0.121. The summed E-state index contributed by atoms with van der Waals surface area (Å²) in [5, 5.41) is 6.57. The van der Waals surface area contributed by atoms with Crippen LogP contribution >= 0.6 is 0 Å². The topological polar surface area (TPSA) is 41.1 Å². The van der Waals surface area contributed by atoms with Gasteiger partial charge in [-0.05, 0) is 43.0 Å². The van der Waals surface area contributed by atoms with Crippen LogP contribution < -0.4 is 10.6 Å². The average Bonchev–Trinajstić information content (AvgIpc) is 2.59. The maximum Gasteiger partial charge on any atom is 0.220 e. The minimum absolute atomic E-state index is 0.121. The Hall–Kier alpha value is -2.13. The third-order valence-electron chi connectivity index (χ3n) is 4.48. The lowest BCUT2D eigenvalue weighted by Gasteiger charge is -2.27. The van der Waals surface area contributed by atoms with Gasteiger partial charge in [-0.2, -0.15) is 0 Å². The molecule has 1 amide bonds. The molecule has 0 aliphatic carbocycles. The van der Waals surface area contributed by atoms with Crippen molar-refractivity contribution < 1.29 is 4.79 Å². The van der Waals surface area contributed by atoms with Gasteiger partial charge in [-0.3, -0.25) is 4.79 Å². The fourth-order valence-electron chi connectivity index (χ4n) is 3.09. The van der Waals surface area contributed by atoms with Crippen molar-refractivity contribution in [1.82, 2.24) is 10.6 Å². The van der Waals surface area contributed by atoms with Crippen molar-refractivity contribution in [3.63, 3.8) is 0 Å². The zero-order valence-corrected chi connectivity index (χ0v) is 13.6. The molecule has 0 aromatic heterocycles. The lowest BCUT2D eigenvalue weighted by atomic mass is 9.94. The highest BCUT2D eigenvalue weighted by Gasteiger charge is 2.19. The van der Waals surface area contributed by atoms with Crippen molar-refractivity contribution in [2.75, 3.05) is 13.1 Å². The van der Waals surface area contributed by atoms with Gasteiger partial charge in [0.2, 0.25) is 5.91 Å². The summed E-state index contributed by atoms with van der Waals surface area (Å²) in [6, 6.07) is 17.1. The van der Waals surface area contributed by atoms with Crippen molar-refractivity contribution in [1.29, 1.82) is 0 Å². The second-order valence-corrected chi connectivity index (χ2v) is 6.25. The Bertz CT molecular complexity index is 664. The monoisotopic (exact) mass is 308 g/mol. The number of carbonyl (C=O) groups is 1. The van der Waals surface area contributed by atoms with Crippen LogP contribution in [0.4, 0.5) is 0 Å². The number of hydrogen-bond donors (Lipinski definition) is 2. The zero-order valence-electron chi connectivity index (χ0n) is 13.6. The number of carbonyl (C=O) groups excluding carboxylic acids is 1. The number of amides is 1. The SMILES string of the molecule is Cc1ccc(CCC(=O)NCC2NCCc3ccccc32)cc1. The van der Waals surface area contributed by atoms with Crippen LogP contribution in [-0.2, 0) is 17.6 Å². The van der Waals surface area contributed by atoms with Crippen molar-refractivity contribution in [3.05, 3.63) is 70.8 Å². The largest absolute Gasteiger partial charge is 0.354 e. The summed E-state index contributed by atoms with van der Waals surface area (Å²) in [6.07, 6.45) is 2.40. The lowest BCUT2D eigenvalue weighted by Crippen LogP contribution is -2.38. The van der Waals surface area contributed by atoms with E-state index in [0.29, 0.717) is 13.0 Å². The third-order valence-corrected chi connectivity index (χ3v) is 4.48. The Morgan fingerprint density at radius 2 is 1.96 bits per heavy atom. The first-order chi connectivity index (χ1) is 11.2. The Balaban J connectivity index is 1.49. The molecule has 1 unspecified atom stereocenters. The van der Waals surface area contributed by atoms with Gasteiger partial charge in [0.15, 0.2) is 0 Å². The van der Waals surface area contributed by atoms with Crippen molar-refractivity contribution in [2.45, 2.75) is 32.2 Å². The number of hydrogen-bond acceptors (Lipinski definition) is 2. The minimum Gasteiger partial charge on any atom is -0.354 e. The molecule has 1 heterocycles. The van der Waals surface area contributed by atoms with Gasteiger partial charge in [-0.15, -0.1) is 0 Å². The van der Waals surface area contributed by atoms with Gasteiger partial charge in [0.1, 0.15) is 0 Å². The molecule has 2 aromatic rings. The highest BCUT2D eigenvalue weighted by molar-refractivity contribution is 5.76. The van der Waals surface area contributed by atoms with Crippen LogP contribution in [0.15, 0.2) is 48.5 Å². The molecule has 2 N–H and O–H groups in total. The number of aryl methyl sites for hydroxylation is 2. The van der Waals surface area contributed by atoms with Gasteiger partial charge in [0.05, 0.1) is 0 Å². The maximum atomic E-state index is 12.1. The molecule has 3 rings (SSSR count). The van der Waals surface area contributed by atoms with Crippen LogP contribution in [0.5, 0.6) is 0 Å². The molecule has 1 aliphatic rings. The van der Waals surface area contributed by atoms with Crippen molar-refractivity contribution in [3.8, 4) is 0 Å². The lowest BCUT2D eigenvalue weighted by molar-refractivity contribution is -0.121. The van der Waals surface area contributed by atoms with E-state index in [1.54, 1.807) is 0 Å². The first kappa shape index (κ1) is 15.8. The van der Waals surface area contributed by atoms with Crippen LogP contribution in [0.2, 0.25) is 0 Å². The maximum absolute atomic E-state index is 12.1. The molecule has 3 heteroatoms. The van der Waals surface area contributed by atoms with Gasteiger partial charge >= 0.3 is 0 Å². The van der Waals surface area contributed by atoms with E-state index in [1.807, 2.05) is 0 Å². The van der Waals surface area contributed by atoms with E-state index in [-0.39, 0.29) is 11.9 Å². The highest BCUT2D eigenvalue weighted by Crippen LogP contribution is 2.21. The van der Waals surface area contributed by atoms with E-state index < -0.39 is 0 Å². The molecule has 2 aromatic carbocycles. The van der Waals surface area contributed by atoms with Crippen LogP contribution in [-0.4, -0.2) is 19.0 Å². The summed E-state index contributed by atoms with van der Waals surface area (Å²) < 4.78 is 0. The summed E-state index contributed by atoms with van der Waals surface area (Å²) in [4.78, 5) is 12.1. The average molecular weight is 308 g/mol. The quantitative estimate of drug-likeness (QED) is 0.891. The number of rotatable bonds is 5. The molecule has 120 valence electrons. The zero-order chi connectivity index (χ0) is 16.1. The van der Waals surface area contributed by atoms with E-state index in [0.717, 1.165) is 19.4 Å². The second-order valence-electron chi connectivity index (χ2n) is 6.25. The van der Waals surface area contributed by atoms with Crippen LogP contribution in [0.3, 0.4) is 0 Å². The molecule has 0 saturated carbocycles. The smallest absolute Gasteiger partial charge is 0.220 e. The molecule has 0 bridgehead atoms. The molecule has 1 atom stereocenters. The standard InChI is InChI=1S/C20H24N2O/c1-15-6-8-16(9-7-15)10-11-20(23)22-14-19-18-5-3-2-4-17(18)12-13-21-19/h2-9,19,21H,10-14H2,1H3,(H,22,23). The molecule has 0 spiro atoms. The molecule has 23 heavy (non-hydrogen) atoms.